The maximum Gasteiger partial charge on any atom is 0.393 e. The van der Waals surface area contributed by atoms with Crippen molar-refractivity contribution in [2.24, 2.45) is 34.7 Å². The second-order valence-electron chi connectivity index (χ2n) is 14.0. The lowest BCUT2D eigenvalue weighted by atomic mass is 9.78. The number of aliphatic hydroxyl groups is 1. The van der Waals surface area contributed by atoms with Crippen LogP contribution in [0.5, 0.6) is 0 Å². The zero-order valence-electron chi connectivity index (χ0n) is 26.1. The molecule has 2 amide bonds. The molecule has 45 heavy (non-hydrogen) atoms. The summed E-state index contributed by atoms with van der Waals surface area (Å²) < 4.78 is 40.3. The minimum absolute atomic E-state index is 0.000749. The maximum absolute atomic E-state index is 13.6. The van der Waals surface area contributed by atoms with E-state index in [1.54, 1.807) is 0 Å². The summed E-state index contributed by atoms with van der Waals surface area (Å²) in [5.74, 6) is -2.51. The average molecular weight is 662 g/mol. The van der Waals surface area contributed by atoms with E-state index in [1.807, 2.05) is 0 Å². The molecule has 256 valence electrons. The fourth-order valence-corrected chi connectivity index (χ4v) is 8.60. The van der Waals surface area contributed by atoms with Gasteiger partial charge in [0.2, 0.25) is 11.8 Å². The molecule has 5 fully saturated rings. The molecule has 0 radical (unpaired) electrons. The van der Waals surface area contributed by atoms with Gasteiger partial charge in [0.15, 0.2) is 0 Å². The normalized spacial score (nSPS) is 37.5. The summed E-state index contributed by atoms with van der Waals surface area (Å²) in [5, 5.41) is 17.9. The predicted octanol–water partition coefficient (Wildman–Crippen LogP) is 3.31. The van der Waals surface area contributed by atoms with Crippen molar-refractivity contribution < 1.29 is 27.9 Å². The molecule has 0 spiro atoms. The van der Waals surface area contributed by atoms with Crippen LogP contribution in [-0.2, 0) is 9.59 Å². The van der Waals surface area contributed by atoms with Crippen molar-refractivity contribution in [1.82, 2.24) is 31.6 Å². The van der Waals surface area contributed by atoms with Gasteiger partial charge in [0.05, 0.1) is 24.5 Å². The number of alkyl halides is 4. The van der Waals surface area contributed by atoms with Crippen LogP contribution in [0, 0.1) is 29.6 Å². The molecule has 3 saturated carbocycles. The zero-order chi connectivity index (χ0) is 32.0. The molecule has 0 aromatic heterocycles. The highest BCUT2D eigenvalue weighted by atomic mass is 35.5. The van der Waals surface area contributed by atoms with Crippen LogP contribution in [0.15, 0.2) is 5.10 Å². The van der Waals surface area contributed by atoms with E-state index in [-0.39, 0.29) is 55.3 Å². The Morgan fingerprint density at radius 1 is 0.978 bits per heavy atom. The molecule has 0 bridgehead atoms. The topological polar surface area (TPSA) is 121 Å². The molecule has 14 heteroatoms. The monoisotopic (exact) mass is 661 g/mol. The standard InChI is InChI=1S/C31H51ClF3N7O3/c32-27-9-7-20(14-26(27)31(33,34)35)16-36-39-30(45)25-15-24(41-11-2-1-3-12-41)8-10-28(25)37-29(44)22-6-4-5-21(13-22)17-42-18-23(19-43)38-40-42/h16,20-28,38,40,43H,1-15,17-19H2,(H,37,44)(H,39,45)/b36-16+. The van der Waals surface area contributed by atoms with Crippen molar-refractivity contribution in [2.75, 3.05) is 32.8 Å². The van der Waals surface area contributed by atoms with Gasteiger partial charge in [-0.1, -0.05) is 12.8 Å². The third-order valence-electron chi connectivity index (χ3n) is 10.8. The van der Waals surface area contributed by atoms with Gasteiger partial charge in [-0.3, -0.25) is 9.59 Å². The molecule has 2 saturated heterocycles. The molecular formula is C31H51ClF3N7O3. The lowest BCUT2D eigenvalue weighted by Crippen LogP contribution is -2.54. The van der Waals surface area contributed by atoms with Crippen LogP contribution in [0.25, 0.3) is 0 Å². The molecule has 5 N–H and O–H groups in total. The van der Waals surface area contributed by atoms with Crippen LogP contribution in [-0.4, -0.2) is 95.5 Å². The SMILES string of the molecule is O=C(NC1CCC(N2CCCCC2)CC1C(=O)N/N=C/C1CCC(Cl)C(C(F)(F)F)C1)C1CCCC(CN2CC(CO)NN2)C1. The number of halogens is 4. The van der Waals surface area contributed by atoms with E-state index in [0.717, 1.165) is 64.6 Å². The molecule has 0 aromatic rings. The predicted molar refractivity (Wildman–Crippen MR) is 166 cm³/mol. The summed E-state index contributed by atoms with van der Waals surface area (Å²) >= 11 is 5.98. The molecule has 5 aliphatic rings. The van der Waals surface area contributed by atoms with E-state index in [9.17, 15) is 27.9 Å². The van der Waals surface area contributed by atoms with Crippen LogP contribution in [0.3, 0.4) is 0 Å². The second-order valence-corrected chi connectivity index (χ2v) is 14.6. The Hall–Kier alpha value is -1.51. The van der Waals surface area contributed by atoms with Gasteiger partial charge >= 0.3 is 6.18 Å². The Morgan fingerprint density at radius 3 is 2.51 bits per heavy atom. The Balaban J connectivity index is 1.18. The molecule has 9 atom stereocenters. The Morgan fingerprint density at radius 2 is 1.78 bits per heavy atom. The number of piperidine rings is 1. The van der Waals surface area contributed by atoms with E-state index in [4.69, 9.17) is 11.6 Å². The lowest BCUT2D eigenvalue weighted by molar-refractivity contribution is -0.182. The van der Waals surface area contributed by atoms with Crippen molar-refractivity contribution in [3.8, 4) is 0 Å². The summed E-state index contributed by atoms with van der Waals surface area (Å²) in [7, 11) is 0. The van der Waals surface area contributed by atoms with Crippen LogP contribution < -0.4 is 21.7 Å². The molecule has 2 aliphatic heterocycles. The van der Waals surface area contributed by atoms with Crippen molar-refractivity contribution in [3.63, 3.8) is 0 Å². The minimum Gasteiger partial charge on any atom is -0.395 e. The van der Waals surface area contributed by atoms with Gasteiger partial charge in [0.1, 0.15) is 0 Å². The van der Waals surface area contributed by atoms with Crippen LogP contribution in [0.2, 0.25) is 0 Å². The highest BCUT2D eigenvalue weighted by Gasteiger charge is 2.47. The molecule has 10 nitrogen and oxygen atoms in total. The molecular weight excluding hydrogens is 611 g/mol. The first-order valence-corrected chi connectivity index (χ1v) is 17.5. The van der Waals surface area contributed by atoms with Gasteiger partial charge in [-0.05, 0) is 95.6 Å². The van der Waals surface area contributed by atoms with Gasteiger partial charge in [-0.25, -0.2) is 15.9 Å². The number of likely N-dealkylation sites (tertiary alicyclic amines) is 1. The number of amides is 2. The van der Waals surface area contributed by atoms with Gasteiger partial charge < -0.3 is 15.3 Å². The number of hydrogen-bond acceptors (Lipinski definition) is 8. The number of carbonyl (C=O) groups is 2. The molecule has 0 aromatic carbocycles. The fourth-order valence-electron chi connectivity index (χ4n) is 8.23. The van der Waals surface area contributed by atoms with Gasteiger partial charge in [0.25, 0.3) is 0 Å². The van der Waals surface area contributed by atoms with E-state index in [2.05, 4.69) is 36.7 Å². The molecule has 9 unspecified atom stereocenters. The molecule has 3 aliphatic carbocycles. The van der Waals surface area contributed by atoms with E-state index < -0.39 is 29.3 Å². The number of hydrazone groups is 1. The number of nitrogens with zero attached hydrogens (tertiary/aromatic N) is 3. The zero-order valence-corrected chi connectivity index (χ0v) is 26.9. The third-order valence-corrected chi connectivity index (χ3v) is 11.3. The third kappa shape index (κ3) is 9.53. The summed E-state index contributed by atoms with van der Waals surface area (Å²) in [6, 6.07) is -0.0593. The number of rotatable bonds is 9. The first-order chi connectivity index (χ1) is 21.6. The van der Waals surface area contributed by atoms with Crippen LogP contribution in [0.1, 0.15) is 83.5 Å². The van der Waals surface area contributed by atoms with E-state index in [1.165, 1.54) is 12.6 Å². The summed E-state index contributed by atoms with van der Waals surface area (Å²) in [6.45, 7) is 3.60. The summed E-state index contributed by atoms with van der Waals surface area (Å²) in [5.41, 5.74) is 8.82. The molecule has 2 heterocycles. The Kier molecular flexibility index (Phi) is 12.4. The van der Waals surface area contributed by atoms with E-state index >= 15 is 0 Å². The number of nitrogens with one attached hydrogen (secondary N) is 4. The minimum atomic E-state index is -4.36. The summed E-state index contributed by atoms with van der Waals surface area (Å²) in [6.07, 6.45) is 7.04. The second kappa shape index (κ2) is 16.1. The van der Waals surface area contributed by atoms with Crippen LogP contribution in [0.4, 0.5) is 13.2 Å². The number of aliphatic hydroxyl groups excluding tert-OH is 1. The van der Waals surface area contributed by atoms with Crippen LogP contribution >= 0.6 is 11.6 Å². The number of hydrogen-bond donors (Lipinski definition) is 5. The van der Waals surface area contributed by atoms with Crippen molar-refractivity contribution in [3.05, 3.63) is 0 Å². The number of hydrazine groups is 2. The van der Waals surface area contributed by atoms with E-state index in [0.29, 0.717) is 31.7 Å². The van der Waals surface area contributed by atoms with Gasteiger partial charge in [-0.15, -0.1) is 11.6 Å². The average Bonchev–Trinajstić information content (AvgIpc) is 3.49. The van der Waals surface area contributed by atoms with Gasteiger partial charge in [0, 0.05) is 42.7 Å². The Bertz CT molecular complexity index is 1020. The highest BCUT2D eigenvalue weighted by molar-refractivity contribution is 6.20. The fraction of sp³-hybridized carbons (Fsp3) is 0.903. The largest absolute Gasteiger partial charge is 0.395 e. The number of carbonyl (C=O) groups excluding carboxylic acids is 2. The summed E-state index contributed by atoms with van der Waals surface area (Å²) in [4.78, 5) is 29.6. The first kappa shape index (κ1) is 34.8. The quantitative estimate of drug-likeness (QED) is 0.146. The van der Waals surface area contributed by atoms with Gasteiger partial charge in [-0.2, -0.15) is 23.8 Å². The highest BCUT2D eigenvalue weighted by Crippen LogP contribution is 2.42. The van der Waals surface area contributed by atoms with Crippen molar-refractivity contribution in [2.45, 2.75) is 113 Å². The van der Waals surface area contributed by atoms with Crippen molar-refractivity contribution in [1.29, 1.82) is 0 Å². The first-order valence-electron chi connectivity index (χ1n) is 17.1. The lowest BCUT2D eigenvalue weighted by Gasteiger charge is -2.42. The van der Waals surface area contributed by atoms with Crippen molar-refractivity contribution >= 4 is 29.6 Å². The maximum atomic E-state index is 13.6. The smallest absolute Gasteiger partial charge is 0.393 e. The Labute approximate surface area is 269 Å². The molecule has 5 rings (SSSR count).